The molecule has 1 aliphatic rings. The Balaban J connectivity index is 2.17. The van der Waals surface area contributed by atoms with Gasteiger partial charge in [-0.3, -0.25) is 0 Å². The second-order valence-corrected chi connectivity index (χ2v) is 7.03. The van der Waals surface area contributed by atoms with Crippen molar-refractivity contribution in [1.29, 1.82) is 0 Å². The zero-order valence-electron chi connectivity index (χ0n) is 12.3. The molecule has 20 heavy (non-hydrogen) atoms. The quantitative estimate of drug-likeness (QED) is 0.868. The molecule has 0 aromatic carbocycles. The lowest BCUT2D eigenvalue weighted by Gasteiger charge is -2.37. The fraction of sp³-hybridized carbons (Fsp3) is 0.692. The third-order valence-electron chi connectivity index (χ3n) is 3.79. The summed E-state index contributed by atoms with van der Waals surface area (Å²) in [6.45, 7) is 4.39. The molecule has 1 N–H and O–H groups in total. The topological polar surface area (TPSA) is 65.8 Å². The number of rotatable bonds is 5. The third kappa shape index (κ3) is 3.06. The number of piperazine rings is 1. The van der Waals surface area contributed by atoms with E-state index in [4.69, 9.17) is 4.42 Å². The Morgan fingerprint density at radius 3 is 2.80 bits per heavy atom. The highest BCUT2D eigenvalue weighted by Crippen LogP contribution is 2.22. The van der Waals surface area contributed by atoms with Gasteiger partial charge in [0, 0.05) is 25.7 Å². The lowest BCUT2D eigenvalue weighted by Crippen LogP contribution is -2.52. The average Bonchev–Trinajstić information content (AvgIpc) is 2.89. The van der Waals surface area contributed by atoms with Crippen LogP contribution in [0.2, 0.25) is 0 Å². The highest BCUT2D eigenvalue weighted by Gasteiger charge is 2.33. The van der Waals surface area contributed by atoms with Crippen LogP contribution in [0.4, 0.5) is 0 Å². The van der Waals surface area contributed by atoms with Gasteiger partial charge in [0.05, 0.1) is 6.54 Å². The van der Waals surface area contributed by atoms with Crippen LogP contribution in [-0.2, 0) is 16.6 Å². The zero-order valence-corrected chi connectivity index (χ0v) is 13.1. The molecule has 0 aliphatic carbocycles. The van der Waals surface area contributed by atoms with Crippen molar-refractivity contribution >= 4 is 10.0 Å². The Bertz CT molecular complexity index is 541. The van der Waals surface area contributed by atoms with E-state index < -0.39 is 10.0 Å². The van der Waals surface area contributed by atoms with Gasteiger partial charge in [0.15, 0.2) is 0 Å². The summed E-state index contributed by atoms with van der Waals surface area (Å²) in [6.07, 6.45) is 0.936. The Morgan fingerprint density at radius 2 is 2.15 bits per heavy atom. The Kier molecular flexibility index (Phi) is 4.85. The number of hydrogen-bond acceptors (Lipinski definition) is 5. The smallest absolute Gasteiger partial charge is 0.276 e. The first-order chi connectivity index (χ1) is 9.48. The highest BCUT2D eigenvalue weighted by molar-refractivity contribution is 7.89. The van der Waals surface area contributed by atoms with Gasteiger partial charge in [0.25, 0.3) is 10.0 Å². The fourth-order valence-electron chi connectivity index (χ4n) is 2.47. The molecule has 0 spiro atoms. The summed E-state index contributed by atoms with van der Waals surface area (Å²) in [5.74, 6) is 0.632. The van der Waals surface area contributed by atoms with Crippen LogP contribution < -0.4 is 5.32 Å². The standard InChI is InChI=1S/C13H23N3O3S/c1-4-11-10-16(8-7-15(11)3)20(17,18)13-6-5-12(19-13)9-14-2/h5-6,11,14H,4,7-10H2,1-3H3. The first-order valence-corrected chi connectivity index (χ1v) is 8.36. The summed E-state index contributed by atoms with van der Waals surface area (Å²) in [5, 5.41) is 2.99. The van der Waals surface area contributed by atoms with Crippen molar-refractivity contribution in [2.45, 2.75) is 31.0 Å². The molecule has 0 radical (unpaired) electrons. The summed E-state index contributed by atoms with van der Waals surface area (Å²) < 4.78 is 32.1. The molecule has 1 saturated heterocycles. The van der Waals surface area contributed by atoms with E-state index in [1.54, 1.807) is 19.2 Å². The van der Waals surface area contributed by atoms with E-state index in [9.17, 15) is 8.42 Å². The molecule has 1 fully saturated rings. The highest BCUT2D eigenvalue weighted by atomic mass is 32.2. The summed E-state index contributed by atoms with van der Waals surface area (Å²) >= 11 is 0. The van der Waals surface area contributed by atoms with Gasteiger partial charge in [-0.25, -0.2) is 8.42 Å². The predicted octanol–water partition coefficient (Wildman–Crippen LogP) is 0.714. The van der Waals surface area contributed by atoms with Crippen LogP contribution in [0.25, 0.3) is 0 Å². The monoisotopic (exact) mass is 301 g/mol. The first kappa shape index (κ1) is 15.5. The van der Waals surface area contributed by atoms with Crippen LogP contribution in [-0.4, -0.2) is 57.4 Å². The van der Waals surface area contributed by atoms with Crippen molar-refractivity contribution in [2.75, 3.05) is 33.7 Å². The number of furan rings is 1. The second kappa shape index (κ2) is 6.26. The lowest BCUT2D eigenvalue weighted by atomic mass is 10.1. The Hall–Kier alpha value is -0.890. The minimum Gasteiger partial charge on any atom is -0.447 e. The van der Waals surface area contributed by atoms with Gasteiger partial charge >= 0.3 is 0 Å². The van der Waals surface area contributed by atoms with Gasteiger partial charge in [-0.2, -0.15) is 4.31 Å². The van der Waals surface area contributed by atoms with Crippen LogP contribution >= 0.6 is 0 Å². The van der Waals surface area contributed by atoms with Crippen molar-refractivity contribution in [1.82, 2.24) is 14.5 Å². The second-order valence-electron chi connectivity index (χ2n) is 5.16. The largest absolute Gasteiger partial charge is 0.447 e. The minimum absolute atomic E-state index is 0.0437. The van der Waals surface area contributed by atoms with Crippen LogP contribution in [0, 0.1) is 0 Å². The number of likely N-dealkylation sites (N-methyl/N-ethyl adjacent to an activating group) is 1. The molecule has 2 heterocycles. The Labute approximate surface area is 120 Å². The molecular formula is C13H23N3O3S. The predicted molar refractivity (Wildman–Crippen MR) is 76.9 cm³/mol. The van der Waals surface area contributed by atoms with E-state index in [-0.39, 0.29) is 11.1 Å². The van der Waals surface area contributed by atoms with E-state index in [0.717, 1.165) is 13.0 Å². The maximum Gasteiger partial charge on any atom is 0.276 e. The average molecular weight is 301 g/mol. The molecular weight excluding hydrogens is 278 g/mol. The van der Waals surface area contributed by atoms with E-state index in [1.807, 2.05) is 7.05 Å². The molecule has 1 aliphatic heterocycles. The first-order valence-electron chi connectivity index (χ1n) is 6.92. The number of hydrogen-bond donors (Lipinski definition) is 1. The molecule has 0 saturated carbocycles. The molecule has 2 rings (SSSR count). The summed E-state index contributed by atoms with van der Waals surface area (Å²) in [6, 6.07) is 3.52. The molecule has 1 unspecified atom stereocenters. The van der Waals surface area contributed by atoms with Crippen molar-refractivity contribution in [3.63, 3.8) is 0 Å². The van der Waals surface area contributed by atoms with Crippen LogP contribution in [0.5, 0.6) is 0 Å². The number of nitrogens with one attached hydrogen (secondary N) is 1. The van der Waals surface area contributed by atoms with Crippen molar-refractivity contribution in [3.05, 3.63) is 17.9 Å². The maximum atomic E-state index is 12.6. The van der Waals surface area contributed by atoms with E-state index in [1.165, 1.54) is 4.31 Å². The number of sulfonamides is 1. The Morgan fingerprint density at radius 1 is 1.40 bits per heavy atom. The number of nitrogens with zero attached hydrogens (tertiary/aromatic N) is 2. The van der Waals surface area contributed by atoms with Gasteiger partial charge < -0.3 is 14.6 Å². The molecule has 114 valence electrons. The summed E-state index contributed by atoms with van der Waals surface area (Å²) in [4.78, 5) is 2.21. The lowest BCUT2D eigenvalue weighted by molar-refractivity contribution is 0.142. The normalized spacial score (nSPS) is 22.2. The van der Waals surface area contributed by atoms with Gasteiger partial charge in [0.1, 0.15) is 5.76 Å². The van der Waals surface area contributed by atoms with Crippen LogP contribution in [0.15, 0.2) is 21.6 Å². The molecule has 1 aromatic rings. The van der Waals surface area contributed by atoms with Crippen molar-refractivity contribution in [2.24, 2.45) is 0 Å². The summed E-state index contributed by atoms with van der Waals surface area (Å²) in [7, 11) is 0.319. The molecule has 0 amide bonds. The van der Waals surface area contributed by atoms with Gasteiger partial charge in [-0.1, -0.05) is 6.92 Å². The maximum absolute atomic E-state index is 12.6. The van der Waals surface area contributed by atoms with Gasteiger partial charge in [-0.05, 0) is 32.6 Å². The third-order valence-corrected chi connectivity index (χ3v) is 5.53. The van der Waals surface area contributed by atoms with Crippen molar-refractivity contribution in [3.8, 4) is 0 Å². The SMILES string of the molecule is CCC1CN(S(=O)(=O)c2ccc(CNC)o2)CCN1C. The zero-order chi connectivity index (χ0) is 14.8. The van der Waals surface area contributed by atoms with Gasteiger partial charge in [0.2, 0.25) is 5.09 Å². The van der Waals surface area contributed by atoms with E-state index in [2.05, 4.69) is 17.1 Å². The van der Waals surface area contributed by atoms with E-state index >= 15 is 0 Å². The van der Waals surface area contributed by atoms with E-state index in [0.29, 0.717) is 25.4 Å². The molecule has 1 aromatic heterocycles. The molecule has 6 nitrogen and oxygen atoms in total. The fourth-order valence-corrected chi connectivity index (χ4v) is 3.87. The van der Waals surface area contributed by atoms with Gasteiger partial charge in [-0.15, -0.1) is 0 Å². The molecule has 7 heteroatoms. The minimum atomic E-state index is -3.51. The van der Waals surface area contributed by atoms with Crippen LogP contribution in [0.1, 0.15) is 19.1 Å². The molecule has 1 atom stereocenters. The molecule has 0 bridgehead atoms. The van der Waals surface area contributed by atoms with Crippen LogP contribution in [0.3, 0.4) is 0 Å². The van der Waals surface area contributed by atoms with Crippen molar-refractivity contribution < 1.29 is 12.8 Å². The summed E-state index contributed by atoms with van der Waals surface area (Å²) in [5.41, 5.74) is 0.